The maximum absolute atomic E-state index is 12.1. The number of hydrogen-bond acceptors (Lipinski definition) is 3. The van der Waals surface area contributed by atoms with Gasteiger partial charge in [-0.05, 0) is 17.5 Å². The fourth-order valence-corrected chi connectivity index (χ4v) is 2.07. The highest BCUT2D eigenvalue weighted by atomic mass is 16.4. The minimum atomic E-state index is -0.892. The number of anilines is 2. The number of carboxylic acids is 1. The van der Waals surface area contributed by atoms with Crippen molar-refractivity contribution in [1.29, 1.82) is 0 Å². The van der Waals surface area contributed by atoms with Crippen molar-refractivity contribution in [2.75, 3.05) is 24.3 Å². The van der Waals surface area contributed by atoms with Crippen LogP contribution in [0.4, 0.5) is 11.4 Å². The summed E-state index contributed by atoms with van der Waals surface area (Å²) in [5.74, 6) is -1.07. The van der Waals surface area contributed by atoms with E-state index < -0.39 is 11.4 Å². The number of nitrogens with zero attached hydrogens (tertiary/aromatic N) is 1. The van der Waals surface area contributed by atoms with Crippen molar-refractivity contribution in [2.24, 2.45) is 5.41 Å². The topological polar surface area (TPSA) is 69.6 Å². The number of carboxylic acid groups (broad SMARTS) is 1. The summed E-state index contributed by atoms with van der Waals surface area (Å²) < 4.78 is 0. The van der Waals surface area contributed by atoms with Crippen LogP contribution in [-0.2, 0) is 9.59 Å². The van der Waals surface area contributed by atoms with Crippen LogP contribution in [0.2, 0.25) is 0 Å². The molecule has 0 saturated carbocycles. The molecule has 1 rings (SSSR count). The number of aliphatic carboxylic acids is 1. The van der Waals surface area contributed by atoms with E-state index in [9.17, 15) is 9.59 Å². The molecule has 2 N–H and O–H groups in total. The standard InChI is InChI=1S/C15H22N2O3/c1-15(2,10-14(19)20)9-13(18)16-11-7-5-6-8-12(11)17(3)4/h5-8H,9-10H2,1-4H3,(H,16,18)(H,19,20). The number of para-hydroxylation sites is 2. The van der Waals surface area contributed by atoms with Gasteiger partial charge in [-0.15, -0.1) is 0 Å². The molecule has 110 valence electrons. The van der Waals surface area contributed by atoms with E-state index in [-0.39, 0.29) is 18.7 Å². The summed E-state index contributed by atoms with van der Waals surface area (Å²) in [6.45, 7) is 3.55. The van der Waals surface area contributed by atoms with E-state index in [0.29, 0.717) is 0 Å². The van der Waals surface area contributed by atoms with Gasteiger partial charge in [-0.25, -0.2) is 0 Å². The Morgan fingerprint density at radius 3 is 2.35 bits per heavy atom. The van der Waals surface area contributed by atoms with Crippen molar-refractivity contribution in [3.8, 4) is 0 Å². The number of carbonyl (C=O) groups excluding carboxylic acids is 1. The summed E-state index contributed by atoms with van der Waals surface area (Å²) in [6.07, 6.45) is 0.136. The number of rotatable bonds is 6. The fourth-order valence-electron chi connectivity index (χ4n) is 2.07. The van der Waals surface area contributed by atoms with Crippen molar-refractivity contribution in [3.63, 3.8) is 0 Å². The van der Waals surface area contributed by atoms with Crippen LogP contribution in [0, 0.1) is 5.41 Å². The number of carbonyl (C=O) groups is 2. The third-order valence-corrected chi connectivity index (χ3v) is 2.93. The lowest BCUT2D eigenvalue weighted by atomic mass is 9.85. The number of benzene rings is 1. The predicted octanol–water partition coefficient (Wildman–Crippen LogP) is 2.58. The molecule has 1 aromatic carbocycles. The van der Waals surface area contributed by atoms with Gasteiger partial charge in [0.25, 0.3) is 0 Å². The molecule has 0 aliphatic carbocycles. The lowest BCUT2D eigenvalue weighted by Crippen LogP contribution is -2.25. The van der Waals surface area contributed by atoms with Crippen LogP contribution in [0.1, 0.15) is 26.7 Å². The van der Waals surface area contributed by atoms with E-state index in [1.807, 2.05) is 43.3 Å². The summed E-state index contributed by atoms with van der Waals surface area (Å²) >= 11 is 0. The zero-order valence-electron chi connectivity index (χ0n) is 12.4. The van der Waals surface area contributed by atoms with Gasteiger partial charge < -0.3 is 15.3 Å². The molecule has 0 atom stereocenters. The molecule has 0 unspecified atom stereocenters. The lowest BCUT2D eigenvalue weighted by Gasteiger charge is -2.23. The third kappa shape index (κ3) is 4.91. The molecule has 0 saturated heterocycles. The maximum atomic E-state index is 12.1. The smallest absolute Gasteiger partial charge is 0.303 e. The van der Waals surface area contributed by atoms with E-state index in [0.717, 1.165) is 11.4 Å². The molecule has 1 aromatic rings. The fraction of sp³-hybridized carbons (Fsp3) is 0.467. The molecule has 0 aliphatic heterocycles. The maximum Gasteiger partial charge on any atom is 0.303 e. The van der Waals surface area contributed by atoms with Crippen LogP contribution < -0.4 is 10.2 Å². The van der Waals surface area contributed by atoms with Crippen LogP contribution >= 0.6 is 0 Å². The highest BCUT2D eigenvalue weighted by Crippen LogP contribution is 2.28. The monoisotopic (exact) mass is 278 g/mol. The minimum Gasteiger partial charge on any atom is -0.481 e. The van der Waals surface area contributed by atoms with Crippen molar-refractivity contribution in [3.05, 3.63) is 24.3 Å². The Morgan fingerprint density at radius 1 is 1.20 bits per heavy atom. The number of hydrogen-bond donors (Lipinski definition) is 2. The number of amides is 1. The predicted molar refractivity (Wildman–Crippen MR) is 80.0 cm³/mol. The van der Waals surface area contributed by atoms with Crippen LogP contribution in [0.15, 0.2) is 24.3 Å². The Bertz CT molecular complexity index is 496. The van der Waals surface area contributed by atoms with E-state index in [4.69, 9.17) is 5.11 Å². The molecule has 0 spiro atoms. The molecule has 20 heavy (non-hydrogen) atoms. The normalized spacial score (nSPS) is 11.0. The highest BCUT2D eigenvalue weighted by Gasteiger charge is 2.25. The van der Waals surface area contributed by atoms with Crippen molar-refractivity contribution in [2.45, 2.75) is 26.7 Å². The van der Waals surface area contributed by atoms with Gasteiger partial charge in [0, 0.05) is 20.5 Å². The summed E-state index contributed by atoms with van der Waals surface area (Å²) in [5, 5.41) is 11.7. The Labute approximate surface area is 119 Å². The summed E-state index contributed by atoms with van der Waals surface area (Å²) in [5.41, 5.74) is 1.08. The molecule has 0 fully saturated rings. The quantitative estimate of drug-likeness (QED) is 0.839. The van der Waals surface area contributed by atoms with Crippen LogP contribution in [-0.4, -0.2) is 31.1 Å². The second-order valence-corrected chi connectivity index (χ2v) is 5.87. The van der Waals surface area contributed by atoms with E-state index in [1.54, 1.807) is 13.8 Å². The largest absolute Gasteiger partial charge is 0.481 e. The SMILES string of the molecule is CN(C)c1ccccc1NC(=O)CC(C)(C)CC(=O)O. The first-order chi connectivity index (χ1) is 9.21. The van der Waals surface area contributed by atoms with Crippen molar-refractivity contribution >= 4 is 23.3 Å². The van der Waals surface area contributed by atoms with Gasteiger partial charge in [-0.1, -0.05) is 26.0 Å². The van der Waals surface area contributed by atoms with E-state index in [1.165, 1.54) is 0 Å². The van der Waals surface area contributed by atoms with E-state index >= 15 is 0 Å². The Morgan fingerprint density at radius 2 is 1.80 bits per heavy atom. The Kier molecular flexibility index (Phi) is 5.13. The summed E-state index contributed by atoms with van der Waals surface area (Å²) in [7, 11) is 3.80. The Balaban J connectivity index is 2.74. The highest BCUT2D eigenvalue weighted by molar-refractivity contribution is 5.94. The summed E-state index contributed by atoms with van der Waals surface area (Å²) in [4.78, 5) is 24.7. The van der Waals surface area contributed by atoms with Crippen LogP contribution in [0.25, 0.3) is 0 Å². The van der Waals surface area contributed by atoms with Gasteiger partial charge in [-0.2, -0.15) is 0 Å². The first-order valence-electron chi connectivity index (χ1n) is 6.49. The third-order valence-electron chi connectivity index (χ3n) is 2.93. The average Bonchev–Trinajstić information content (AvgIpc) is 2.26. The zero-order valence-corrected chi connectivity index (χ0v) is 12.4. The van der Waals surface area contributed by atoms with Gasteiger partial charge in [-0.3, -0.25) is 9.59 Å². The first kappa shape index (κ1) is 16.0. The molecule has 5 heteroatoms. The van der Waals surface area contributed by atoms with Gasteiger partial charge in [0.1, 0.15) is 0 Å². The molecular formula is C15H22N2O3. The van der Waals surface area contributed by atoms with Crippen molar-refractivity contribution < 1.29 is 14.7 Å². The van der Waals surface area contributed by atoms with Gasteiger partial charge in [0.2, 0.25) is 5.91 Å². The summed E-state index contributed by atoms with van der Waals surface area (Å²) in [6, 6.07) is 7.50. The van der Waals surface area contributed by atoms with Crippen LogP contribution in [0.3, 0.4) is 0 Å². The molecule has 0 radical (unpaired) electrons. The minimum absolute atomic E-state index is 0.0320. The van der Waals surface area contributed by atoms with Gasteiger partial charge in [0.05, 0.1) is 17.8 Å². The zero-order chi connectivity index (χ0) is 15.3. The second kappa shape index (κ2) is 6.41. The first-order valence-corrected chi connectivity index (χ1v) is 6.49. The van der Waals surface area contributed by atoms with Crippen LogP contribution in [0.5, 0.6) is 0 Å². The molecule has 0 aliphatic rings. The molecule has 0 heterocycles. The molecule has 0 bridgehead atoms. The number of nitrogens with one attached hydrogen (secondary N) is 1. The van der Waals surface area contributed by atoms with Gasteiger partial charge >= 0.3 is 5.97 Å². The lowest BCUT2D eigenvalue weighted by molar-refractivity contribution is -0.139. The van der Waals surface area contributed by atoms with Crippen molar-refractivity contribution in [1.82, 2.24) is 0 Å². The van der Waals surface area contributed by atoms with E-state index in [2.05, 4.69) is 5.32 Å². The van der Waals surface area contributed by atoms with Gasteiger partial charge in [0.15, 0.2) is 0 Å². The molecule has 0 aromatic heterocycles. The average molecular weight is 278 g/mol. The second-order valence-electron chi connectivity index (χ2n) is 5.87. The Hall–Kier alpha value is -2.04. The molecule has 1 amide bonds. The molecule has 5 nitrogen and oxygen atoms in total. The molecular weight excluding hydrogens is 256 g/mol.